The van der Waals surface area contributed by atoms with Crippen LogP contribution in [0.5, 0.6) is 0 Å². The minimum Gasteiger partial charge on any atom is -0.271 e. The molecule has 3 N–H and O–H groups in total. The second kappa shape index (κ2) is 6.15. The summed E-state index contributed by atoms with van der Waals surface area (Å²) in [5, 5.41) is 0. The zero-order valence-corrected chi connectivity index (χ0v) is 10.1. The molecule has 1 aliphatic carbocycles. The molecule has 1 aliphatic rings. The van der Waals surface area contributed by atoms with Crippen LogP contribution in [-0.2, 0) is 0 Å². The van der Waals surface area contributed by atoms with Crippen molar-refractivity contribution in [1.82, 2.24) is 5.43 Å². The lowest BCUT2D eigenvalue weighted by atomic mass is 9.69. The first-order valence-electron chi connectivity index (χ1n) is 6.08. The summed E-state index contributed by atoms with van der Waals surface area (Å²) in [5.74, 6) is 11.7. The molecule has 0 bridgehead atoms. The summed E-state index contributed by atoms with van der Waals surface area (Å²) in [6, 6.07) is 0.429. The van der Waals surface area contributed by atoms with E-state index in [1.165, 1.54) is 32.1 Å². The van der Waals surface area contributed by atoms with Crippen molar-refractivity contribution >= 4 is 0 Å². The van der Waals surface area contributed by atoms with E-state index in [-0.39, 0.29) is 0 Å². The molecule has 15 heavy (non-hydrogen) atoms. The first kappa shape index (κ1) is 12.5. The lowest BCUT2D eigenvalue weighted by molar-refractivity contribution is 0.139. The quantitative estimate of drug-likeness (QED) is 0.423. The van der Waals surface area contributed by atoms with Gasteiger partial charge in [0.2, 0.25) is 0 Å². The van der Waals surface area contributed by atoms with E-state index in [1.54, 1.807) is 0 Å². The van der Waals surface area contributed by atoms with Gasteiger partial charge in [-0.3, -0.25) is 11.3 Å². The smallest absolute Gasteiger partial charge is 0.0273 e. The van der Waals surface area contributed by atoms with Crippen LogP contribution in [0.4, 0.5) is 0 Å². The SMILES string of the molecule is CC#CCCC(NN)C1(C)CCCCC1. The Morgan fingerprint density at radius 1 is 1.33 bits per heavy atom. The highest BCUT2D eigenvalue weighted by atomic mass is 15.2. The van der Waals surface area contributed by atoms with Crippen molar-refractivity contribution in [1.29, 1.82) is 0 Å². The monoisotopic (exact) mass is 208 g/mol. The van der Waals surface area contributed by atoms with Gasteiger partial charge in [-0.25, -0.2) is 0 Å². The number of hydrazine groups is 1. The molecule has 0 saturated heterocycles. The Labute approximate surface area is 94.0 Å². The zero-order valence-electron chi connectivity index (χ0n) is 10.1. The Bertz CT molecular complexity index is 231. The van der Waals surface area contributed by atoms with E-state index in [2.05, 4.69) is 24.2 Å². The summed E-state index contributed by atoms with van der Waals surface area (Å²) in [6.45, 7) is 4.27. The standard InChI is InChI=1S/C13H24N2/c1-3-4-6-9-12(15-14)13(2)10-7-5-8-11-13/h12,15H,5-11,14H2,1-2H3. The molecule has 1 saturated carbocycles. The second-order valence-corrected chi connectivity index (χ2v) is 4.90. The van der Waals surface area contributed by atoms with Crippen molar-refractivity contribution in [3.63, 3.8) is 0 Å². The summed E-state index contributed by atoms with van der Waals surface area (Å²) in [4.78, 5) is 0. The van der Waals surface area contributed by atoms with Gasteiger partial charge >= 0.3 is 0 Å². The van der Waals surface area contributed by atoms with Crippen LogP contribution in [0.15, 0.2) is 0 Å². The van der Waals surface area contributed by atoms with Gasteiger partial charge in [-0.15, -0.1) is 11.8 Å². The minimum absolute atomic E-state index is 0.391. The predicted molar refractivity (Wildman–Crippen MR) is 65.0 cm³/mol. The molecule has 0 aromatic heterocycles. The molecule has 0 aromatic rings. The number of hydrogen-bond donors (Lipinski definition) is 2. The topological polar surface area (TPSA) is 38.0 Å². The second-order valence-electron chi connectivity index (χ2n) is 4.90. The van der Waals surface area contributed by atoms with Crippen LogP contribution in [0.3, 0.4) is 0 Å². The maximum Gasteiger partial charge on any atom is 0.0273 e. The summed E-state index contributed by atoms with van der Waals surface area (Å²) in [6.07, 6.45) is 8.75. The predicted octanol–water partition coefficient (Wildman–Crippen LogP) is 2.59. The van der Waals surface area contributed by atoms with Crippen molar-refractivity contribution < 1.29 is 0 Å². The van der Waals surface area contributed by atoms with Crippen molar-refractivity contribution in [2.75, 3.05) is 0 Å². The van der Waals surface area contributed by atoms with E-state index >= 15 is 0 Å². The number of nitrogens with one attached hydrogen (secondary N) is 1. The molecule has 86 valence electrons. The van der Waals surface area contributed by atoms with Crippen LogP contribution in [0.2, 0.25) is 0 Å². The van der Waals surface area contributed by atoms with E-state index in [9.17, 15) is 0 Å². The van der Waals surface area contributed by atoms with Gasteiger partial charge in [0.25, 0.3) is 0 Å². The average Bonchev–Trinajstić information content (AvgIpc) is 2.25. The number of rotatable bonds is 4. The normalized spacial score (nSPS) is 21.5. The van der Waals surface area contributed by atoms with Crippen LogP contribution in [0.25, 0.3) is 0 Å². The van der Waals surface area contributed by atoms with Gasteiger partial charge in [0.15, 0.2) is 0 Å². The van der Waals surface area contributed by atoms with E-state index in [1.807, 2.05) is 6.92 Å². The summed E-state index contributed by atoms with van der Waals surface area (Å²) in [7, 11) is 0. The van der Waals surface area contributed by atoms with E-state index < -0.39 is 0 Å². The maximum absolute atomic E-state index is 5.67. The van der Waals surface area contributed by atoms with Gasteiger partial charge in [0.05, 0.1) is 0 Å². The van der Waals surface area contributed by atoms with E-state index in [0.717, 1.165) is 12.8 Å². The van der Waals surface area contributed by atoms with Gasteiger partial charge in [-0.2, -0.15) is 0 Å². The van der Waals surface area contributed by atoms with Crippen molar-refractivity contribution in [3.8, 4) is 11.8 Å². The molecule has 2 heteroatoms. The molecule has 1 unspecified atom stereocenters. The third-order valence-corrected chi connectivity index (χ3v) is 3.77. The highest BCUT2D eigenvalue weighted by molar-refractivity contribution is 4.98. The molecule has 2 nitrogen and oxygen atoms in total. The Morgan fingerprint density at radius 2 is 2.00 bits per heavy atom. The first-order valence-corrected chi connectivity index (χ1v) is 6.08. The van der Waals surface area contributed by atoms with Crippen LogP contribution in [0.1, 0.15) is 58.8 Å². The fraction of sp³-hybridized carbons (Fsp3) is 0.846. The maximum atomic E-state index is 5.67. The van der Waals surface area contributed by atoms with Gasteiger partial charge in [-0.1, -0.05) is 26.2 Å². The lowest BCUT2D eigenvalue weighted by Crippen LogP contribution is -2.47. The lowest BCUT2D eigenvalue weighted by Gasteiger charge is -2.40. The van der Waals surface area contributed by atoms with Crippen LogP contribution >= 0.6 is 0 Å². The molecule has 1 atom stereocenters. The van der Waals surface area contributed by atoms with E-state index in [0.29, 0.717) is 11.5 Å². The number of nitrogens with two attached hydrogens (primary N) is 1. The van der Waals surface area contributed by atoms with Crippen LogP contribution in [0, 0.1) is 17.3 Å². The van der Waals surface area contributed by atoms with Gasteiger partial charge in [0, 0.05) is 12.5 Å². The van der Waals surface area contributed by atoms with Crippen LogP contribution < -0.4 is 11.3 Å². The average molecular weight is 208 g/mol. The van der Waals surface area contributed by atoms with Crippen molar-refractivity contribution in [2.45, 2.75) is 64.8 Å². The zero-order chi connectivity index (χ0) is 11.1. The molecule has 0 aliphatic heterocycles. The molecule has 0 amide bonds. The Morgan fingerprint density at radius 3 is 2.53 bits per heavy atom. The molecular weight excluding hydrogens is 184 g/mol. The van der Waals surface area contributed by atoms with Crippen molar-refractivity contribution in [2.24, 2.45) is 11.3 Å². The Kier molecular flexibility index (Phi) is 5.14. The number of hydrogen-bond acceptors (Lipinski definition) is 2. The third kappa shape index (κ3) is 3.52. The van der Waals surface area contributed by atoms with Crippen molar-refractivity contribution in [3.05, 3.63) is 0 Å². The highest BCUT2D eigenvalue weighted by Gasteiger charge is 2.34. The van der Waals surface area contributed by atoms with Gasteiger partial charge in [0.1, 0.15) is 0 Å². The minimum atomic E-state index is 0.391. The molecule has 0 aromatic carbocycles. The fourth-order valence-corrected chi connectivity index (χ4v) is 2.68. The molecule has 0 radical (unpaired) electrons. The largest absolute Gasteiger partial charge is 0.271 e. The molecular formula is C13H24N2. The molecule has 1 fully saturated rings. The highest BCUT2D eigenvalue weighted by Crippen LogP contribution is 2.39. The fourth-order valence-electron chi connectivity index (χ4n) is 2.68. The molecule has 1 rings (SSSR count). The molecule has 0 spiro atoms. The first-order chi connectivity index (χ1) is 7.23. The summed E-state index contributed by atoms with van der Waals surface area (Å²) in [5.41, 5.74) is 3.39. The summed E-state index contributed by atoms with van der Waals surface area (Å²) >= 11 is 0. The van der Waals surface area contributed by atoms with Gasteiger partial charge < -0.3 is 0 Å². The molecule has 0 heterocycles. The van der Waals surface area contributed by atoms with E-state index in [4.69, 9.17) is 5.84 Å². The summed E-state index contributed by atoms with van der Waals surface area (Å²) < 4.78 is 0. The van der Waals surface area contributed by atoms with Gasteiger partial charge in [-0.05, 0) is 31.6 Å². The Balaban J connectivity index is 2.49. The van der Waals surface area contributed by atoms with Crippen LogP contribution in [-0.4, -0.2) is 6.04 Å². The Hall–Kier alpha value is -0.520. The third-order valence-electron chi connectivity index (χ3n) is 3.77.